The summed E-state index contributed by atoms with van der Waals surface area (Å²) in [5.41, 5.74) is -0.571. The van der Waals surface area contributed by atoms with Gasteiger partial charge in [-0.1, -0.05) is 13.8 Å². The molecule has 2 bridgehead atoms. The highest BCUT2D eigenvalue weighted by atomic mass is 16.3. The molecular formula is C11H19NO2. The Morgan fingerprint density at radius 1 is 1.50 bits per heavy atom. The van der Waals surface area contributed by atoms with Crippen molar-refractivity contribution in [3.8, 4) is 0 Å². The second-order valence-electron chi connectivity index (χ2n) is 5.26. The number of carbonyl (C=O) groups is 1. The first-order valence-corrected chi connectivity index (χ1v) is 5.37. The van der Waals surface area contributed by atoms with Gasteiger partial charge in [0.15, 0.2) is 0 Å². The van der Waals surface area contributed by atoms with E-state index >= 15 is 0 Å². The van der Waals surface area contributed by atoms with Crippen LogP contribution in [0.25, 0.3) is 0 Å². The summed E-state index contributed by atoms with van der Waals surface area (Å²) in [6.07, 6.45) is 2.26. The molecule has 14 heavy (non-hydrogen) atoms. The largest absolute Gasteiger partial charge is 0.392 e. The fourth-order valence-corrected chi connectivity index (χ4v) is 3.71. The molecular weight excluding hydrogens is 178 g/mol. The van der Waals surface area contributed by atoms with Gasteiger partial charge < -0.3 is 10.4 Å². The van der Waals surface area contributed by atoms with Crippen LogP contribution in [0.3, 0.4) is 0 Å². The zero-order valence-corrected chi connectivity index (χ0v) is 9.13. The molecule has 80 valence electrons. The average Bonchev–Trinajstić information content (AvgIpc) is 2.49. The zero-order chi connectivity index (χ0) is 10.6. The molecule has 0 aromatic heterocycles. The summed E-state index contributed by atoms with van der Waals surface area (Å²) >= 11 is 0. The van der Waals surface area contributed by atoms with E-state index in [0.717, 1.165) is 19.3 Å². The quantitative estimate of drug-likeness (QED) is 0.656. The van der Waals surface area contributed by atoms with Gasteiger partial charge in [-0.3, -0.25) is 4.79 Å². The van der Waals surface area contributed by atoms with Gasteiger partial charge >= 0.3 is 0 Å². The Kier molecular flexibility index (Phi) is 1.94. The molecule has 3 atom stereocenters. The summed E-state index contributed by atoms with van der Waals surface area (Å²) in [4.78, 5) is 11.9. The third kappa shape index (κ3) is 0.842. The molecule has 2 N–H and O–H groups in total. The summed E-state index contributed by atoms with van der Waals surface area (Å²) in [5, 5.41) is 12.8. The van der Waals surface area contributed by atoms with Crippen LogP contribution < -0.4 is 5.32 Å². The van der Waals surface area contributed by atoms with Crippen molar-refractivity contribution in [3.05, 3.63) is 0 Å². The van der Waals surface area contributed by atoms with Crippen LogP contribution in [0.5, 0.6) is 0 Å². The van der Waals surface area contributed by atoms with E-state index in [1.807, 2.05) is 0 Å². The number of rotatable bonds is 1. The highest BCUT2D eigenvalue weighted by molar-refractivity contribution is 5.85. The minimum absolute atomic E-state index is 0.0231. The number of hydrogen-bond donors (Lipinski definition) is 2. The van der Waals surface area contributed by atoms with Crippen LogP contribution in [-0.4, -0.2) is 24.2 Å². The number of nitrogens with one attached hydrogen (secondary N) is 1. The van der Waals surface area contributed by atoms with Crippen LogP contribution in [0.1, 0.15) is 33.1 Å². The Bertz CT molecular complexity index is 274. The summed E-state index contributed by atoms with van der Waals surface area (Å²) in [5.74, 6) is 0.532. The van der Waals surface area contributed by atoms with E-state index in [-0.39, 0.29) is 11.3 Å². The molecule has 3 heteroatoms. The molecule has 2 fully saturated rings. The van der Waals surface area contributed by atoms with Crippen molar-refractivity contribution in [2.75, 3.05) is 7.05 Å². The van der Waals surface area contributed by atoms with Crippen molar-refractivity contribution >= 4 is 5.91 Å². The van der Waals surface area contributed by atoms with Crippen molar-refractivity contribution in [3.63, 3.8) is 0 Å². The van der Waals surface area contributed by atoms with Crippen LogP contribution in [0.2, 0.25) is 0 Å². The fraction of sp³-hybridized carbons (Fsp3) is 0.909. The van der Waals surface area contributed by atoms with Crippen molar-refractivity contribution in [2.24, 2.45) is 16.7 Å². The second-order valence-corrected chi connectivity index (χ2v) is 5.26. The molecule has 0 aromatic carbocycles. The van der Waals surface area contributed by atoms with Crippen LogP contribution in [-0.2, 0) is 4.79 Å². The van der Waals surface area contributed by atoms with Gasteiger partial charge in [0.1, 0.15) is 0 Å². The first-order chi connectivity index (χ1) is 6.46. The maximum absolute atomic E-state index is 11.9. The number of aliphatic hydroxyl groups excluding tert-OH is 1. The summed E-state index contributed by atoms with van der Waals surface area (Å²) < 4.78 is 0. The Balaban J connectivity index is 2.44. The third-order valence-corrected chi connectivity index (χ3v) is 4.77. The highest BCUT2D eigenvalue weighted by Gasteiger charge is 2.67. The number of amides is 1. The summed E-state index contributed by atoms with van der Waals surface area (Å²) in [6, 6.07) is 0. The lowest BCUT2D eigenvalue weighted by molar-refractivity contribution is -0.142. The first kappa shape index (κ1) is 9.97. The van der Waals surface area contributed by atoms with Gasteiger partial charge in [-0.05, 0) is 30.6 Å². The lowest BCUT2D eigenvalue weighted by atomic mass is 9.67. The monoisotopic (exact) mass is 197 g/mol. The molecule has 2 aliphatic carbocycles. The molecule has 0 aromatic rings. The molecule has 0 unspecified atom stereocenters. The second kappa shape index (κ2) is 2.72. The molecule has 3 nitrogen and oxygen atoms in total. The van der Waals surface area contributed by atoms with E-state index in [1.165, 1.54) is 0 Å². The Morgan fingerprint density at radius 3 is 2.50 bits per heavy atom. The van der Waals surface area contributed by atoms with E-state index in [0.29, 0.717) is 5.92 Å². The summed E-state index contributed by atoms with van der Waals surface area (Å²) in [6.45, 7) is 4.24. The molecule has 0 radical (unpaired) electrons. The number of aliphatic hydroxyl groups is 1. The van der Waals surface area contributed by atoms with Crippen molar-refractivity contribution in [1.29, 1.82) is 0 Å². The Hall–Kier alpha value is -0.570. The number of hydrogen-bond acceptors (Lipinski definition) is 2. The normalized spacial score (nSPS) is 44.0. The van der Waals surface area contributed by atoms with E-state index in [4.69, 9.17) is 0 Å². The molecule has 0 heterocycles. The third-order valence-electron chi connectivity index (χ3n) is 4.77. The highest BCUT2D eigenvalue weighted by Crippen LogP contribution is 2.65. The standard InChI is InChI=1S/C11H19NO2/c1-10(2)7-4-5-11(10,8(13)6-7)9(14)12-3/h7-8,13H,4-6H2,1-3H3,(H,12,14)/t7-,8-,11-/m0/s1. The zero-order valence-electron chi connectivity index (χ0n) is 9.13. The Morgan fingerprint density at radius 2 is 2.14 bits per heavy atom. The summed E-state index contributed by atoms with van der Waals surface area (Å²) in [7, 11) is 1.66. The van der Waals surface area contributed by atoms with E-state index in [9.17, 15) is 9.90 Å². The minimum Gasteiger partial charge on any atom is -0.392 e. The van der Waals surface area contributed by atoms with E-state index in [1.54, 1.807) is 7.05 Å². The lowest BCUT2D eigenvalue weighted by Gasteiger charge is -2.38. The molecule has 2 saturated carbocycles. The maximum Gasteiger partial charge on any atom is 0.229 e. The van der Waals surface area contributed by atoms with Gasteiger partial charge in [-0.2, -0.15) is 0 Å². The Labute approximate surface area is 84.9 Å². The van der Waals surface area contributed by atoms with Crippen LogP contribution in [0.4, 0.5) is 0 Å². The predicted molar refractivity (Wildman–Crippen MR) is 53.6 cm³/mol. The van der Waals surface area contributed by atoms with Gasteiger partial charge in [0.2, 0.25) is 5.91 Å². The molecule has 0 spiro atoms. The minimum atomic E-state index is -0.521. The SMILES string of the molecule is CNC(=O)[C@]12CC[C@@H](C[C@@H]1O)C2(C)C. The van der Waals surface area contributed by atoms with Crippen LogP contribution in [0, 0.1) is 16.7 Å². The van der Waals surface area contributed by atoms with Crippen molar-refractivity contribution < 1.29 is 9.90 Å². The van der Waals surface area contributed by atoms with Crippen LogP contribution >= 0.6 is 0 Å². The van der Waals surface area contributed by atoms with Gasteiger partial charge in [0.25, 0.3) is 0 Å². The van der Waals surface area contributed by atoms with Crippen molar-refractivity contribution in [2.45, 2.75) is 39.2 Å². The molecule has 1 amide bonds. The smallest absolute Gasteiger partial charge is 0.229 e. The number of carbonyl (C=O) groups excluding carboxylic acids is 1. The van der Waals surface area contributed by atoms with Gasteiger partial charge in [0.05, 0.1) is 11.5 Å². The lowest BCUT2D eigenvalue weighted by Crippen LogP contribution is -2.50. The molecule has 0 saturated heterocycles. The number of fused-ring (bicyclic) bond motifs is 2. The van der Waals surface area contributed by atoms with Gasteiger partial charge in [-0.25, -0.2) is 0 Å². The predicted octanol–water partition coefficient (Wildman–Crippen LogP) is 0.920. The van der Waals surface area contributed by atoms with Crippen LogP contribution in [0.15, 0.2) is 0 Å². The topological polar surface area (TPSA) is 49.3 Å². The van der Waals surface area contributed by atoms with E-state index in [2.05, 4.69) is 19.2 Å². The fourth-order valence-electron chi connectivity index (χ4n) is 3.71. The first-order valence-electron chi connectivity index (χ1n) is 5.37. The molecule has 2 aliphatic rings. The van der Waals surface area contributed by atoms with Crippen molar-refractivity contribution in [1.82, 2.24) is 5.32 Å². The molecule has 0 aliphatic heterocycles. The van der Waals surface area contributed by atoms with E-state index < -0.39 is 11.5 Å². The van der Waals surface area contributed by atoms with Gasteiger partial charge in [0, 0.05) is 7.05 Å². The maximum atomic E-state index is 11.9. The van der Waals surface area contributed by atoms with Gasteiger partial charge in [-0.15, -0.1) is 0 Å². The average molecular weight is 197 g/mol. The molecule has 2 rings (SSSR count).